The second-order valence-electron chi connectivity index (χ2n) is 6.47. The van der Waals surface area contributed by atoms with Crippen LogP contribution < -0.4 is 4.74 Å². The molecule has 0 unspecified atom stereocenters. The van der Waals surface area contributed by atoms with Crippen LogP contribution in [0.3, 0.4) is 0 Å². The predicted octanol–water partition coefficient (Wildman–Crippen LogP) is 4.57. The first-order chi connectivity index (χ1) is 14.2. The lowest BCUT2D eigenvalue weighted by Gasteiger charge is -2.07. The number of aromatic hydroxyl groups is 1. The molecule has 5 aromatic rings. The fourth-order valence-corrected chi connectivity index (χ4v) is 3.24. The fourth-order valence-electron chi connectivity index (χ4n) is 3.11. The Labute approximate surface area is 170 Å². The summed E-state index contributed by atoms with van der Waals surface area (Å²) in [5, 5.41) is 16.7. The molecule has 7 nitrogen and oxygen atoms in total. The fraction of sp³-hybridized carbons (Fsp3) is 0.0476. The largest absolute Gasteiger partial charge is 0.493 e. The van der Waals surface area contributed by atoms with Crippen LogP contribution in [0, 0.1) is 0 Å². The van der Waals surface area contributed by atoms with Gasteiger partial charge < -0.3 is 9.84 Å². The third kappa shape index (κ3) is 3.43. The van der Waals surface area contributed by atoms with Crippen molar-refractivity contribution in [3.8, 4) is 17.6 Å². The Morgan fingerprint density at radius 1 is 1.00 bits per heavy atom. The summed E-state index contributed by atoms with van der Waals surface area (Å²) in [6, 6.07) is 15.0. The van der Waals surface area contributed by atoms with Gasteiger partial charge in [-0.15, -0.1) is 0 Å². The van der Waals surface area contributed by atoms with Gasteiger partial charge in [0.05, 0.1) is 35.4 Å². The Kier molecular flexibility index (Phi) is 4.22. The normalized spacial score (nSPS) is 11.2. The first-order valence-electron chi connectivity index (χ1n) is 8.84. The molecule has 8 heteroatoms. The highest BCUT2D eigenvalue weighted by Crippen LogP contribution is 2.28. The lowest BCUT2D eigenvalue weighted by Crippen LogP contribution is -2.01. The molecule has 5 rings (SSSR count). The molecule has 0 amide bonds. The maximum atomic E-state index is 10.1. The van der Waals surface area contributed by atoms with E-state index in [9.17, 15) is 5.11 Å². The molecule has 0 radical (unpaired) electrons. The van der Waals surface area contributed by atoms with Crippen molar-refractivity contribution < 1.29 is 9.84 Å². The van der Waals surface area contributed by atoms with Crippen LogP contribution in [0.25, 0.3) is 21.8 Å². The van der Waals surface area contributed by atoms with Gasteiger partial charge in [0.25, 0.3) is 0 Å². The van der Waals surface area contributed by atoms with E-state index in [0.29, 0.717) is 28.2 Å². The molecule has 0 bridgehead atoms. The third-order valence-corrected chi connectivity index (χ3v) is 4.78. The number of hydrogen-bond donors (Lipinski definition) is 1. The van der Waals surface area contributed by atoms with Crippen molar-refractivity contribution in [1.82, 2.24) is 24.7 Å². The molecule has 3 aromatic heterocycles. The Morgan fingerprint density at radius 3 is 2.72 bits per heavy atom. The summed E-state index contributed by atoms with van der Waals surface area (Å²) in [4.78, 5) is 12.3. The first-order valence-corrected chi connectivity index (χ1v) is 9.22. The zero-order chi connectivity index (χ0) is 19.8. The summed E-state index contributed by atoms with van der Waals surface area (Å²) < 4.78 is 7.66. The predicted molar refractivity (Wildman–Crippen MR) is 109 cm³/mol. The molecule has 0 aliphatic heterocycles. The average Bonchev–Trinajstić information content (AvgIpc) is 3.12. The number of ether oxygens (including phenoxy) is 1. The van der Waals surface area contributed by atoms with Crippen LogP contribution in [0.2, 0.25) is 5.02 Å². The summed E-state index contributed by atoms with van der Waals surface area (Å²) in [5.74, 6) is 0.399. The number of rotatable bonds is 4. The van der Waals surface area contributed by atoms with Crippen molar-refractivity contribution in [2.75, 3.05) is 0 Å². The Hall–Kier alpha value is -3.71. The maximum absolute atomic E-state index is 10.1. The van der Waals surface area contributed by atoms with E-state index in [2.05, 4.69) is 20.1 Å². The van der Waals surface area contributed by atoms with E-state index in [0.717, 1.165) is 16.5 Å². The van der Waals surface area contributed by atoms with Crippen LogP contribution in [-0.4, -0.2) is 29.8 Å². The van der Waals surface area contributed by atoms with Crippen molar-refractivity contribution >= 4 is 33.4 Å². The molecule has 0 saturated carbocycles. The van der Waals surface area contributed by atoms with E-state index in [4.69, 9.17) is 16.3 Å². The molecule has 0 fully saturated rings. The molecule has 3 heterocycles. The third-order valence-electron chi connectivity index (χ3n) is 4.53. The minimum Gasteiger partial charge on any atom is -0.493 e. The first kappa shape index (κ1) is 17.4. The second kappa shape index (κ2) is 7.03. The molecule has 0 aliphatic rings. The van der Waals surface area contributed by atoms with Crippen LogP contribution in [-0.2, 0) is 6.54 Å². The number of halogens is 1. The van der Waals surface area contributed by atoms with Gasteiger partial charge in [0, 0.05) is 16.6 Å². The summed E-state index contributed by atoms with van der Waals surface area (Å²) in [7, 11) is 0. The quantitative estimate of drug-likeness (QED) is 0.473. The monoisotopic (exact) mass is 403 g/mol. The van der Waals surface area contributed by atoms with Gasteiger partial charge in [-0.05, 0) is 42.0 Å². The maximum Gasteiger partial charge on any atom is 0.325 e. The highest BCUT2D eigenvalue weighted by Gasteiger charge is 2.10. The number of aromatic nitrogens is 5. The molecule has 29 heavy (non-hydrogen) atoms. The van der Waals surface area contributed by atoms with Crippen molar-refractivity contribution in [1.29, 1.82) is 0 Å². The SMILES string of the molecule is Oc1nc(Oc2ccc3c(cnn3Cc3ccc(Cl)cc3)c2)nc2cnccc12. The zero-order valence-corrected chi connectivity index (χ0v) is 15.8. The van der Waals surface area contributed by atoms with E-state index < -0.39 is 0 Å². The van der Waals surface area contributed by atoms with Gasteiger partial charge in [-0.2, -0.15) is 15.1 Å². The molecule has 1 N–H and O–H groups in total. The van der Waals surface area contributed by atoms with E-state index in [1.54, 1.807) is 24.7 Å². The van der Waals surface area contributed by atoms with Gasteiger partial charge in [-0.3, -0.25) is 9.67 Å². The van der Waals surface area contributed by atoms with Crippen LogP contribution in [0.1, 0.15) is 5.56 Å². The van der Waals surface area contributed by atoms with Crippen molar-refractivity contribution in [2.24, 2.45) is 0 Å². The van der Waals surface area contributed by atoms with Crippen LogP contribution in [0.15, 0.2) is 67.1 Å². The van der Waals surface area contributed by atoms with Gasteiger partial charge in [0.2, 0.25) is 5.88 Å². The van der Waals surface area contributed by atoms with Crippen molar-refractivity contribution in [3.63, 3.8) is 0 Å². The molecular formula is C21H14ClN5O2. The number of hydrogen-bond acceptors (Lipinski definition) is 6. The van der Waals surface area contributed by atoms with E-state index in [-0.39, 0.29) is 11.9 Å². The number of nitrogens with zero attached hydrogens (tertiary/aromatic N) is 5. The summed E-state index contributed by atoms with van der Waals surface area (Å²) in [6.07, 6.45) is 4.90. The Morgan fingerprint density at radius 2 is 1.86 bits per heavy atom. The molecular weight excluding hydrogens is 390 g/mol. The molecule has 0 saturated heterocycles. The van der Waals surface area contributed by atoms with Gasteiger partial charge in [-0.1, -0.05) is 23.7 Å². The van der Waals surface area contributed by atoms with Crippen LogP contribution >= 0.6 is 11.6 Å². The van der Waals surface area contributed by atoms with Gasteiger partial charge in [-0.25, -0.2) is 0 Å². The van der Waals surface area contributed by atoms with Gasteiger partial charge >= 0.3 is 6.01 Å². The minimum absolute atomic E-state index is 0.0518. The lowest BCUT2D eigenvalue weighted by molar-refractivity contribution is 0.412. The molecule has 0 spiro atoms. The highest BCUT2D eigenvalue weighted by atomic mass is 35.5. The Balaban J connectivity index is 1.43. The number of benzene rings is 2. The molecule has 0 aliphatic carbocycles. The summed E-state index contributed by atoms with van der Waals surface area (Å²) in [5.41, 5.74) is 2.58. The minimum atomic E-state index is -0.149. The summed E-state index contributed by atoms with van der Waals surface area (Å²) in [6.45, 7) is 0.634. The zero-order valence-electron chi connectivity index (χ0n) is 15.0. The van der Waals surface area contributed by atoms with Crippen molar-refractivity contribution in [2.45, 2.75) is 6.54 Å². The number of pyridine rings is 1. The standard InChI is InChI=1S/C21H14ClN5O2/c22-15-3-1-13(2-4-15)12-27-19-6-5-16(9-14(19)10-24-27)29-21-25-18-11-23-8-7-17(18)20(28)26-21/h1-11H,12H2,(H,25,26,28). The van der Waals surface area contributed by atoms with Gasteiger partial charge in [0.15, 0.2) is 0 Å². The average molecular weight is 404 g/mol. The van der Waals surface area contributed by atoms with Crippen molar-refractivity contribution in [3.05, 3.63) is 77.7 Å². The topological polar surface area (TPSA) is 86.0 Å². The molecule has 142 valence electrons. The van der Waals surface area contributed by atoms with Crippen LogP contribution in [0.4, 0.5) is 0 Å². The smallest absolute Gasteiger partial charge is 0.325 e. The second-order valence-corrected chi connectivity index (χ2v) is 6.91. The lowest BCUT2D eigenvalue weighted by atomic mass is 10.2. The molecule has 0 atom stereocenters. The van der Waals surface area contributed by atoms with Gasteiger partial charge in [0.1, 0.15) is 5.75 Å². The summed E-state index contributed by atoms with van der Waals surface area (Å²) >= 11 is 5.95. The van der Waals surface area contributed by atoms with Crippen LogP contribution in [0.5, 0.6) is 17.6 Å². The van der Waals surface area contributed by atoms with E-state index in [1.165, 1.54) is 0 Å². The molecule has 2 aromatic carbocycles. The Bertz CT molecular complexity index is 1330. The van der Waals surface area contributed by atoms with E-state index in [1.807, 2.05) is 47.1 Å². The highest BCUT2D eigenvalue weighted by molar-refractivity contribution is 6.30. The van der Waals surface area contributed by atoms with E-state index >= 15 is 0 Å². The number of fused-ring (bicyclic) bond motifs is 2.